The predicted molar refractivity (Wildman–Crippen MR) is 132 cm³/mol. The van der Waals surface area contributed by atoms with Crippen LogP contribution in [0.25, 0.3) is 0 Å². The molecule has 7 nitrogen and oxygen atoms in total. The number of allylic oxidation sites excluding steroid dienone is 1. The number of hydrogen-bond acceptors (Lipinski definition) is 5. The summed E-state index contributed by atoms with van der Waals surface area (Å²) >= 11 is 0. The number of hydrogen-bond donors (Lipinski definition) is 2. The van der Waals surface area contributed by atoms with Crippen molar-refractivity contribution < 1.29 is 32.8 Å². The Labute approximate surface area is 197 Å². The van der Waals surface area contributed by atoms with Gasteiger partial charge in [0.05, 0.1) is 41.0 Å². The van der Waals surface area contributed by atoms with Gasteiger partial charge in [0.2, 0.25) is 0 Å². The topological polar surface area (TPSA) is 85.2 Å². The monoisotopic (exact) mass is 480 g/mol. The van der Waals surface area contributed by atoms with E-state index in [4.69, 9.17) is 13.8 Å². The van der Waals surface area contributed by atoms with E-state index in [1.165, 1.54) is 64.2 Å². The zero-order valence-electron chi connectivity index (χ0n) is 21.2. The number of aliphatic hydroxyl groups is 1. The number of unbranched alkanes of at least 4 members (excludes halogenated alkanes) is 10. The zero-order chi connectivity index (χ0) is 24.1. The van der Waals surface area contributed by atoms with Gasteiger partial charge in [0, 0.05) is 0 Å². The summed E-state index contributed by atoms with van der Waals surface area (Å²) < 4.78 is 27.5. The van der Waals surface area contributed by atoms with Gasteiger partial charge in [0.1, 0.15) is 19.3 Å². The average Bonchev–Trinajstić information content (AvgIpc) is 2.71. The van der Waals surface area contributed by atoms with Crippen molar-refractivity contribution in [3.8, 4) is 0 Å². The summed E-state index contributed by atoms with van der Waals surface area (Å²) in [5.41, 5.74) is 0. The van der Waals surface area contributed by atoms with E-state index >= 15 is 0 Å². The number of ether oxygens (including phenoxy) is 1. The van der Waals surface area contributed by atoms with Crippen LogP contribution in [0.2, 0.25) is 0 Å². The van der Waals surface area contributed by atoms with E-state index in [0.717, 1.165) is 12.8 Å². The molecule has 0 radical (unpaired) electrons. The summed E-state index contributed by atoms with van der Waals surface area (Å²) in [6, 6.07) is 0. The quantitative estimate of drug-likeness (QED) is 0.0874. The first-order chi connectivity index (χ1) is 15.2. The molecule has 0 spiro atoms. The minimum Gasteiger partial charge on any atom is -0.388 e. The summed E-state index contributed by atoms with van der Waals surface area (Å²) in [4.78, 5) is 9.62. The van der Waals surface area contributed by atoms with Crippen molar-refractivity contribution >= 4 is 7.82 Å². The second-order valence-electron chi connectivity index (χ2n) is 9.57. The SMILES string of the molecule is CCCCCCCCCCCC/C=C\CCOC[C@@H](O)COP(=O)(O)OCC[N+](C)(C)C. The second kappa shape index (κ2) is 20.1. The number of nitrogens with zero attached hydrogens (tertiary/aromatic N) is 1. The van der Waals surface area contributed by atoms with Gasteiger partial charge < -0.3 is 19.2 Å². The molecule has 0 aliphatic carbocycles. The molecular weight excluding hydrogens is 429 g/mol. The lowest BCUT2D eigenvalue weighted by Crippen LogP contribution is -2.37. The van der Waals surface area contributed by atoms with E-state index in [1.807, 2.05) is 21.1 Å². The van der Waals surface area contributed by atoms with Gasteiger partial charge in [-0.1, -0.05) is 76.9 Å². The summed E-state index contributed by atoms with van der Waals surface area (Å²) in [6.45, 7) is 3.20. The summed E-state index contributed by atoms with van der Waals surface area (Å²) in [5, 5.41) is 9.82. The van der Waals surface area contributed by atoms with E-state index in [-0.39, 0.29) is 19.8 Å². The highest BCUT2D eigenvalue weighted by Gasteiger charge is 2.24. The number of phosphoric acid groups is 1. The molecule has 0 bridgehead atoms. The van der Waals surface area contributed by atoms with Gasteiger partial charge in [-0.3, -0.25) is 9.05 Å². The third-order valence-electron chi connectivity index (χ3n) is 5.08. The molecule has 8 heteroatoms. The molecule has 2 atom stereocenters. The van der Waals surface area contributed by atoms with E-state index < -0.39 is 13.9 Å². The zero-order valence-corrected chi connectivity index (χ0v) is 22.1. The second-order valence-corrected chi connectivity index (χ2v) is 11.0. The van der Waals surface area contributed by atoms with Crippen LogP contribution >= 0.6 is 7.82 Å². The Morgan fingerprint density at radius 3 is 1.97 bits per heavy atom. The highest BCUT2D eigenvalue weighted by Crippen LogP contribution is 2.43. The third kappa shape index (κ3) is 24.4. The van der Waals surface area contributed by atoms with Crippen LogP contribution in [-0.4, -0.2) is 74.7 Å². The fourth-order valence-corrected chi connectivity index (χ4v) is 3.80. The Bertz CT molecular complexity index is 495. The van der Waals surface area contributed by atoms with Gasteiger partial charge in [-0.2, -0.15) is 0 Å². The molecule has 0 fully saturated rings. The molecule has 0 aromatic heterocycles. The first-order valence-corrected chi connectivity index (χ1v) is 14.0. The lowest BCUT2D eigenvalue weighted by atomic mass is 10.1. The Morgan fingerprint density at radius 2 is 1.38 bits per heavy atom. The molecule has 1 unspecified atom stereocenters. The van der Waals surface area contributed by atoms with Crippen molar-refractivity contribution in [1.82, 2.24) is 0 Å². The number of aliphatic hydroxyl groups excluding tert-OH is 1. The highest BCUT2D eigenvalue weighted by molar-refractivity contribution is 7.47. The van der Waals surface area contributed by atoms with Crippen LogP contribution in [0.1, 0.15) is 84.0 Å². The van der Waals surface area contributed by atoms with E-state index in [9.17, 15) is 14.6 Å². The first-order valence-electron chi connectivity index (χ1n) is 12.5. The minimum absolute atomic E-state index is 0.0607. The number of rotatable bonds is 23. The molecule has 0 aliphatic heterocycles. The molecule has 0 aromatic rings. The molecule has 192 valence electrons. The standard InChI is InChI=1S/C24H50NO6P/c1-5-6-7-8-9-10-11-12-13-14-15-16-17-18-20-29-22-24(26)23-31-32(27,28)30-21-19-25(2,3)4/h16-17,24,26H,5-15,18-23H2,1-4H3/p+1/b17-16-/t24-/m1/s1. The molecule has 0 aliphatic rings. The van der Waals surface area contributed by atoms with Crippen molar-refractivity contribution in [3.05, 3.63) is 12.2 Å². The maximum Gasteiger partial charge on any atom is 0.472 e. The van der Waals surface area contributed by atoms with Gasteiger partial charge in [0.15, 0.2) is 0 Å². The van der Waals surface area contributed by atoms with Crippen molar-refractivity contribution in [2.75, 3.05) is 54.1 Å². The fourth-order valence-electron chi connectivity index (χ4n) is 3.05. The molecule has 0 saturated carbocycles. The number of likely N-dealkylation sites (N-methyl/N-ethyl adjacent to an activating group) is 1. The maximum atomic E-state index is 11.8. The van der Waals surface area contributed by atoms with Gasteiger partial charge in [0.25, 0.3) is 0 Å². The Balaban J connectivity index is 3.50. The van der Waals surface area contributed by atoms with Crippen LogP contribution < -0.4 is 0 Å². The van der Waals surface area contributed by atoms with Crippen LogP contribution in [0.5, 0.6) is 0 Å². The van der Waals surface area contributed by atoms with Crippen molar-refractivity contribution in [1.29, 1.82) is 0 Å². The van der Waals surface area contributed by atoms with Crippen LogP contribution in [0, 0.1) is 0 Å². The van der Waals surface area contributed by atoms with Crippen molar-refractivity contribution in [3.63, 3.8) is 0 Å². The van der Waals surface area contributed by atoms with Crippen molar-refractivity contribution in [2.24, 2.45) is 0 Å². The summed E-state index contributed by atoms with van der Waals surface area (Å²) in [6.07, 6.45) is 18.8. The van der Waals surface area contributed by atoms with Crippen LogP contribution in [-0.2, 0) is 18.3 Å². The fraction of sp³-hybridized carbons (Fsp3) is 0.917. The molecule has 0 heterocycles. The normalized spacial score (nSPS) is 15.3. The molecule has 0 aromatic carbocycles. The Hall–Kier alpha value is -0.270. The Morgan fingerprint density at radius 1 is 0.812 bits per heavy atom. The average molecular weight is 481 g/mol. The van der Waals surface area contributed by atoms with Gasteiger partial charge in [-0.05, 0) is 19.3 Å². The molecule has 2 N–H and O–H groups in total. The van der Waals surface area contributed by atoms with Gasteiger partial charge in [-0.15, -0.1) is 0 Å². The lowest BCUT2D eigenvalue weighted by molar-refractivity contribution is -0.870. The van der Waals surface area contributed by atoms with E-state index in [0.29, 0.717) is 17.6 Å². The van der Waals surface area contributed by atoms with Gasteiger partial charge in [-0.25, -0.2) is 4.57 Å². The predicted octanol–water partition coefficient (Wildman–Crippen LogP) is 5.46. The minimum atomic E-state index is -4.15. The Kier molecular flexibility index (Phi) is 20.0. The largest absolute Gasteiger partial charge is 0.472 e. The van der Waals surface area contributed by atoms with Crippen molar-refractivity contribution in [2.45, 2.75) is 90.1 Å². The number of phosphoric ester groups is 1. The number of quaternary nitrogens is 1. The first kappa shape index (κ1) is 31.7. The lowest BCUT2D eigenvalue weighted by Gasteiger charge is -2.24. The molecule has 0 saturated heterocycles. The van der Waals surface area contributed by atoms with Crippen LogP contribution in [0.3, 0.4) is 0 Å². The third-order valence-corrected chi connectivity index (χ3v) is 6.06. The van der Waals surface area contributed by atoms with Crippen LogP contribution in [0.15, 0.2) is 12.2 Å². The summed E-state index contributed by atoms with van der Waals surface area (Å²) in [7, 11) is 1.73. The molecule has 0 rings (SSSR count). The highest BCUT2D eigenvalue weighted by atomic mass is 31.2. The smallest absolute Gasteiger partial charge is 0.388 e. The summed E-state index contributed by atoms with van der Waals surface area (Å²) in [5.74, 6) is 0. The molecular formula is C24H51NO6P+. The maximum absolute atomic E-state index is 11.8. The van der Waals surface area contributed by atoms with Crippen LogP contribution in [0.4, 0.5) is 0 Å². The van der Waals surface area contributed by atoms with E-state index in [2.05, 4.69) is 19.1 Å². The van der Waals surface area contributed by atoms with Gasteiger partial charge >= 0.3 is 7.82 Å². The molecule has 0 amide bonds. The van der Waals surface area contributed by atoms with E-state index in [1.54, 1.807) is 0 Å². The molecule has 32 heavy (non-hydrogen) atoms.